The molecule has 4 nitrogen and oxygen atoms in total. The van der Waals surface area contributed by atoms with Crippen LogP contribution in [0.15, 0.2) is 82.3 Å². The zero-order valence-corrected chi connectivity index (χ0v) is 16.9. The van der Waals surface area contributed by atoms with Gasteiger partial charge in [0.25, 0.3) is 5.91 Å². The molecule has 0 saturated heterocycles. The highest BCUT2D eigenvalue weighted by Gasteiger charge is 2.30. The number of phenols is 1. The molecule has 1 amide bonds. The summed E-state index contributed by atoms with van der Waals surface area (Å²) in [6, 6.07) is 22.2. The molecular formula is C23H19BrN2O2. The third-order valence-corrected chi connectivity index (χ3v) is 5.38. The van der Waals surface area contributed by atoms with Crippen molar-refractivity contribution in [2.75, 3.05) is 11.9 Å². The van der Waals surface area contributed by atoms with Gasteiger partial charge in [0.15, 0.2) is 0 Å². The van der Waals surface area contributed by atoms with Gasteiger partial charge in [-0.25, -0.2) is 0 Å². The van der Waals surface area contributed by atoms with Crippen molar-refractivity contribution in [3.8, 4) is 5.75 Å². The summed E-state index contributed by atoms with van der Waals surface area (Å²) in [5.41, 5.74) is 4.37. The highest BCUT2D eigenvalue weighted by atomic mass is 79.9. The predicted molar refractivity (Wildman–Crippen MR) is 115 cm³/mol. The first-order valence-electron chi connectivity index (χ1n) is 9.01. The van der Waals surface area contributed by atoms with Crippen LogP contribution in [-0.4, -0.2) is 29.8 Å². The summed E-state index contributed by atoms with van der Waals surface area (Å²) in [6.45, 7) is 0. The summed E-state index contributed by atoms with van der Waals surface area (Å²) in [5.74, 6) is 0.155. The van der Waals surface area contributed by atoms with Gasteiger partial charge in [-0.05, 0) is 48.0 Å². The molecule has 1 atom stereocenters. The molecule has 1 heterocycles. The summed E-state index contributed by atoms with van der Waals surface area (Å²) in [6.07, 6.45) is 0.529. The van der Waals surface area contributed by atoms with Gasteiger partial charge in [-0.2, -0.15) is 0 Å². The van der Waals surface area contributed by atoms with Gasteiger partial charge in [0, 0.05) is 29.1 Å². The zero-order valence-electron chi connectivity index (χ0n) is 15.3. The topological polar surface area (TPSA) is 52.9 Å². The third-order valence-electron chi connectivity index (χ3n) is 4.89. The fourth-order valence-corrected chi connectivity index (χ4v) is 3.79. The SMILES string of the molecule is CN1C(=O)C(Cc2ccccc2)N=C(c2ccc(O)cc2)c2cc(Br)ccc21. The number of fused-ring (bicyclic) bond motifs is 1. The summed E-state index contributed by atoms with van der Waals surface area (Å²) in [7, 11) is 1.79. The number of likely N-dealkylation sites (N-methyl/N-ethyl adjacent to an activating group) is 1. The second kappa shape index (κ2) is 7.60. The summed E-state index contributed by atoms with van der Waals surface area (Å²) < 4.78 is 0.917. The Balaban J connectivity index is 1.87. The molecule has 4 rings (SSSR count). The Morgan fingerprint density at radius 3 is 2.46 bits per heavy atom. The quantitative estimate of drug-likeness (QED) is 0.655. The lowest BCUT2D eigenvalue weighted by Crippen LogP contribution is -2.36. The molecule has 0 aliphatic carbocycles. The Morgan fingerprint density at radius 1 is 1.04 bits per heavy atom. The number of aromatic hydroxyl groups is 1. The van der Waals surface area contributed by atoms with Crippen molar-refractivity contribution in [3.63, 3.8) is 0 Å². The molecule has 3 aromatic rings. The molecule has 3 aromatic carbocycles. The monoisotopic (exact) mass is 434 g/mol. The number of hydrogen-bond acceptors (Lipinski definition) is 3. The number of carbonyl (C=O) groups is 1. The van der Waals surface area contributed by atoms with Gasteiger partial charge in [0.1, 0.15) is 11.8 Å². The lowest BCUT2D eigenvalue weighted by Gasteiger charge is -2.20. The number of halogens is 1. The number of phenolic OH excluding ortho intramolecular Hbond substituents is 1. The van der Waals surface area contributed by atoms with Crippen molar-refractivity contribution in [3.05, 3.63) is 94.0 Å². The highest BCUT2D eigenvalue weighted by molar-refractivity contribution is 9.10. The van der Waals surface area contributed by atoms with Crippen LogP contribution in [0.1, 0.15) is 16.7 Å². The van der Waals surface area contributed by atoms with Crippen molar-refractivity contribution in [1.82, 2.24) is 0 Å². The molecule has 1 N–H and O–H groups in total. The maximum Gasteiger partial charge on any atom is 0.251 e. The molecule has 28 heavy (non-hydrogen) atoms. The molecule has 5 heteroatoms. The van der Waals surface area contributed by atoms with E-state index in [4.69, 9.17) is 4.99 Å². The molecule has 0 radical (unpaired) electrons. The first-order valence-corrected chi connectivity index (χ1v) is 9.81. The average molecular weight is 435 g/mol. The third kappa shape index (κ3) is 3.58. The summed E-state index contributed by atoms with van der Waals surface area (Å²) in [5, 5.41) is 9.67. The Hall–Kier alpha value is -2.92. The minimum atomic E-state index is -0.526. The Bertz CT molecular complexity index is 1050. The molecule has 1 aliphatic rings. The van der Waals surface area contributed by atoms with Crippen LogP contribution >= 0.6 is 15.9 Å². The maximum atomic E-state index is 13.2. The number of hydrogen-bond donors (Lipinski definition) is 1. The van der Waals surface area contributed by atoms with Gasteiger partial charge in [0.05, 0.1) is 11.4 Å². The average Bonchev–Trinajstić information content (AvgIpc) is 2.80. The second-order valence-electron chi connectivity index (χ2n) is 6.79. The molecule has 1 unspecified atom stereocenters. The number of benzene rings is 3. The lowest BCUT2D eigenvalue weighted by molar-refractivity contribution is -0.119. The number of anilines is 1. The summed E-state index contributed by atoms with van der Waals surface area (Å²) in [4.78, 5) is 19.8. The van der Waals surface area contributed by atoms with Crippen LogP contribution in [0.3, 0.4) is 0 Å². The molecule has 1 aliphatic heterocycles. The van der Waals surface area contributed by atoms with Crippen molar-refractivity contribution < 1.29 is 9.90 Å². The van der Waals surface area contributed by atoms with E-state index in [9.17, 15) is 9.90 Å². The highest BCUT2D eigenvalue weighted by Crippen LogP contribution is 2.31. The van der Waals surface area contributed by atoms with Gasteiger partial charge in [-0.15, -0.1) is 0 Å². The van der Waals surface area contributed by atoms with E-state index in [-0.39, 0.29) is 11.7 Å². The van der Waals surface area contributed by atoms with Crippen molar-refractivity contribution in [2.45, 2.75) is 12.5 Å². The molecule has 0 bridgehead atoms. The van der Waals surface area contributed by atoms with Crippen LogP contribution in [0.4, 0.5) is 5.69 Å². The molecule has 0 spiro atoms. The van der Waals surface area contributed by atoms with Crippen molar-refractivity contribution in [2.24, 2.45) is 4.99 Å². The molecule has 0 fully saturated rings. The van der Waals surface area contributed by atoms with Gasteiger partial charge in [0.2, 0.25) is 0 Å². The van der Waals surface area contributed by atoms with E-state index in [0.717, 1.165) is 32.6 Å². The van der Waals surface area contributed by atoms with E-state index in [1.807, 2.05) is 60.7 Å². The van der Waals surface area contributed by atoms with Gasteiger partial charge >= 0.3 is 0 Å². The number of rotatable bonds is 3. The Labute approximate surface area is 172 Å². The van der Waals surface area contributed by atoms with E-state index in [1.165, 1.54) is 0 Å². The van der Waals surface area contributed by atoms with E-state index < -0.39 is 6.04 Å². The van der Waals surface area contributed by atoms with E-state index >= 15 is 0 Å². The van der Waals surface area contributed by atoms with Crippen molar-refractivity contribution in [1.29, 1.82) is 0 Å². The Morgan fingerprint density at radius 2 is 1.75 bits per heavy atom. The van der Waals surface area contributed by atoms with Crippen LogP contribution in [-0.2, 0) is 11.2 Å². The van der Waals surface area contributed by atoms with Gasteiger partial charge in [-0.3, -0.25) is 9.79 Å². The number of carbonyl (C=O) groups excluding carboxylic acids is 1. The van der Waals surface area contributed by atoms with Crippen LogP contribution in [0.2, 0.25) is 0 Å². The smallest absolute Gasteiger partial charge is 0.251 e. The number of aliphatic imine (C=N–C) groups is 1. The lowest BCUT2D eigenvalue weighted by atomic mass is 10.00. The largest absolute Gasteiger partial charge is 0.508 e. The fourth-order valence-electron chi connectivity index (χ4n) is 3.43. The molecule has 0 saturated carbocycles. The van der Waals surface area contributed by atoms with Gasteiger partial charge in [-0.1, -0.05) is 46.3 Å². The van der Waals surface area contributed by atoms with Crippen molar-refractivity contribution >= 4 is 33.2 Å². The standard InChI is InChI=1S/C23H19BrN2O2/c1-26-21-12-9-17(24)14-19(21)22(16-7-10-18(27)11-8-16)25-20(23(26)28)13-15-5-3-2-4-6-15/h2-12,14,20,27H,13H2,1H3. The zero-order chi connectivity index (χ0) is 19.7. The maximum absolute atomic E-state index is 13.2. The number of nitrogens with zero attached hydrogens (tertiary/aromatic N) is 2. The first-order chi connectivity index (χ1) is 13.5. The molecular weight excluding hydrogens is 416 g/mol. The predicted octanol–water partition coefficient (Wildman–Crippen LogP) is 4.58. The minimum absolute atomic E-state index is 0.0406. The first kappa shape index (κ1) is 18.4. The van der Waals surface area contributed by atoms with E-state index in [2.05, 4.69) is 15.9 Å². The minimum Gasteiger partial charge on any atom is -0.508 e. The molecule has 140 valence electrons. The van der Waals surface area contributed by atoms with E-state index in [0.29, 0.717) is 6.42 Å². The second-order valence-corrected chi connectivity index (χ2v) is 7.70. The van der Waals surface area contributed by atoms with Crippen LogP contribution in [0.25, 0.3) is 0 Å². The van der Waals surface area contributed by atoms with Crippen LogP contribution in [0.5, 0.6) is 5.75 Å². The fraction of sp³-hybridized carbons (Fsp3) is 0.130. The number of amides is 1. The Kier molecular flexibility index (Phi) is 5.01. The van der Waals surface area contributed by atoms with Gasteiger partial charge < -0.3 is 10.0 Å². The number of benzodiazepines with no additional fused rings is 1. The van der Waals surface area contributed by atoms with E-state index in [1.54, 1.807) is 24.1 Å². The summed E-state index contributed by atoms with van der Waals surface area (Å²) >= 11 is 3.53. The van der Waals surface area contributed by atoms with Crippen LogP contribution < -0.4 is 4.90 Å². The molecule has 0 aromatic heterocycles. The van der Waals surface area contributed by atoms with Crippen LogP contribution in [0, 0.1) is 0 Å². The normalized spacial score (nSPS) is 16.4.